The van der Waals surface area contributed by atoms with Gasteiger partial charge in [-0.15, -0.1) is 0 Å². The number of carboxylic acid groups (broad SMARTS) is 1. The first-order chi connectivity index (χ1) is 7.43. The summed E-state index contributed by atoms with van der Waals surface area (Å²) in [5.74, 6) is -0.976. The normalized spacial score (nSPS) is 10.5. The lowest BCUT2D eigenvalue weighted by atomic mass is 10.3. The van der Waals surface area contributed by atoms with Crippen molar-refractivity contribution in [2.24, 2.45) is 0 Å². The number of carbonyl (C=O) groups is 2. The second-order valence-electron chi connectivity index (χ2n) is 3.92. The van der Waals surface area contributed by atoms with Crippen molar-refractivity contribution in [1.82, 2.24) is 4.90 Å². The molecule has 0 fully saturated rings. The molecule has 0 rings (SSSR count). The van der Waals surface area contributed by atoms with Gasteiger partial charge >= 0.3 is 5.97 Å². The van der Waals surface area contributed by atoms with Crippen LogP contribution >= 0.6 is 0 Å². The van der Waals surface area contributed by atoms with Gasteiger partial charge in [0.05, 0.1) is 12.5 Å². The van der Waals surface area contributed by atoms with E-state index in [2.05, 4.69) is 0 Å². The fraction of sp³-hybridized carbons (Fsp3) is 0.818. The summed E-state index contributed by atoms with van der Waals surface area (Å²) >= 11 is 0. The van der Waals surface area contributed by atoms with Crippen LogP contribution in [0.3, 0.4) is 0 Å². The van der Waals surface area contributed by atoms with Crippen molar-refractivity contribution in [3.8, 4) is 0 Å². The Morgan fingerprint density at radius 2 is 1.94 bits per heavy atom. The van der Waals surface area contributed by atoms with E-state index in [9.17, 15) is 9.59 Å². The third-order valence-electron chi connectivity index (χ3n) is 2.06. The molecule has 0 radical (unpaired) electrons. The van der Waals surface area contributed by atoms with Crippen LogP contribution in [0, 0.1) is 0 Å². The van der Waals surface area contributed by atoms with E-state index in [0.717, 1.165) is 6.42 Å². The molecule has 0 aromatic carbocycles. The third kappa shape index (κ3) is 8.23. The Labute approximate surface area is 96.4 Å². The zero-order valence-electron chi connectivity index (χ0n) is 10.2. The second kappa shape index (κ2) is 8.10. The lowest BCUT2D eigenvalue weighted by Crippen LogP contribution is -2.32. The molecule has 0 aromatic rings. The molecule has 0 atom stereocenters. The largest absolute Gasteiger partial charge is 0.481 e. The standard InChI is InChI=1S/C11H21NO4/c1-9(2)16-8-4-6-12(10(3)13)7-5-11(14)15/h9H,4-8H2,1-3H3,(H,14,15). The fourth-order valence-electron chi connectivity index (χ4n) is 1.23. The number of carbonyl (C=O) groups excluding carboxylic acids is 1. The molecule has 0 aromatic heterocycles. The van der Waals surface area contributed by atoms with Gasteiger partial charge in [-0.3, -0.25) is 9.59 Å². The predicted molar refractivity (Wildman–Crippen MR) is 60.2 cm³/mol. The molecule has 0 heterocycles. The minimum Gasteiger partial charge on any atom is -0.481 e. The summed E-state index contributed by atoms with van der Waals surface area (Å²) in [5, 5.41) is 8.53. The van der Waals surface area contributed by atoms with Gasteiger partial charge in [0.2, 0.25) is 5.91 Å². The van der Waals surface area contributed by atoms with E-state index < -0.39 is 5.97 Å². The summed E-state index contributed by atoms with van der Waals surface area (Å²) in [6.07, 6.45) is 0.909. The summed E-state index contributed by atoms with van der Waals surface area (Å²) in [6, 6.07) is 0. The molecular weight excluding hydrogens is 210 g/mol. The van der Waals surface area contributed by atoms with Gasteiger partial charge in [0.25, 0.3) is 0 Å². The van der Waals surface area contributed by atoms with Gasteiger partial charge in [0, 0.05) is 26.6 Å². The van der Waals surface area contributed by atoms with E-state index in [1.165, 1.54) is 11.8 Å². The minimum atomic E-state index is -0.885. The maximum absolute atomic E-state index is 11.2. The summed E-state index contributed by atoms with van der Waals surface area (Å²) < 4.78 is 5.34. The molecule has 0 spiro atoms. The molecule has 16 heavy (non-hydrogen) atoms. The monoisotopic (exact) mass is 231 g/mol. The molecule has 0 aliphatic carbocycles. The Kier molecular flexibility index (Phi) is 7.54. The van der Waals surface area contributed by atoms with Crippen molar-refractivity contribution in [1.29, 1.82) is 0 Å². The topological polar surface area (TPSA) is 66.8 Å². The van der Waals surface area contributed by atoms with Crippen molar-refractivity contribution in [3.05, 3.63) is 0 Å². The van der Waals surface area contributed by atoms with Crippen LogP contribution in [0.5, 0.6) is 0 Å². The average molecular weight is 231 g/mol. The maximum Gasteiger partial charge on any atom is 0.305 e. The van der Waals surface area contributed by atoms with Crippen LogP contribution in [0.2, 0.25) is 0 Å². The Balaban J connectivity index is 3.77. The lowest BCUT2D eigenvalue weighted by Gasteiger charge is -2.20. The van der Waals surface area contributed by atoms with Crippen LogP contribution in [0.1, 0.15) is 33.6 Å². The summed E-state index contributed by atoms with van der Waals surface area (Å²) in [6.45, 7) is 6.77. The van der Waals surface area contributed by atoms with E-state index in [4.69, 9.17) is 9.84 Å². The molecule has 1 amide bonds. The highest BCUT2D eigenvalue weighted by atomic mass is 16.5. The van der Waals surface area contributed by atoms with Crippen molar-refractivity contribution in [2.75, 3.05) is 19.7 Å². The van der Waals surface area contributed by atoms with Crippen LogP contribution < -0.4 is 0 Å². The molecule has 0 saturated heterocycles. The summed E-state index contributed by atoms with van der Waals surface area (Å²) in [5.41, 5.74) is 0. The number of hydrogen-bond donors (Lipinski definition) is 1. The van der Waals surface area contributed by atoms with E-state index in [1.54, 1.807) is 0 Å². The Morgan fingerprint density at radius 1 is 1.31 bits per heavy atom. The fourth-order valence-corrected chi connectivity index (χ4v) is 1.23. The van der Waals surface area contributed by atoms with Gasteiger partial charge in [-0.2, -0.15) is 0 Å². The average Bonchev–Trinajstić information content (AvgIpc) is 2.15. The summed E-state index contributed by atoms with van der Waals surface area (Å²) in [7, 11) is 0. The van der Waals surface area contributed by atoms with Crippen molar-refractivity contribution in [3.63, 3.8) is 0 Å². The zero-order chi connectivity index (χ0) is 12.6. The lowest BCUT2D eigenvalue weighted by molar-refractivity contribution is -0.138. The minimum absolute atomic E-state index is 0.00931. The molecular formula is C11H21NO4. The SMILES string of the molecule is CC(=O)N(CCCOC(C)C)CCC(=O)O. The molecule has 94 valence electrons. The van der Waals surface area contributed by atoms with Crippen LogP contribution in [0.4, 0.5) is 0 Å². The molecule has 5 nitrogen and oxygen atoms in total. The predicted octanol–water partition coefficient (Wildman–Crippen LogP) is 1.12. The quantitative estimate of drug-likeness (QED) is 0.636. The number of aliphatic carboxylic acids is 1. The van der Waals surface area contributed by atoms with Crippen LogP contribution in [-0.4, -0.2) is 47.7 Å². The Hall–Kier alpha value is -1.10. The molecule has 0 aliphatic heterocycles. The highest BCUT2D eigenvalue weighted by Crippen LogP contribution is 1.97. The Bertz CT molecular complexity index is 228. The van der Waals surface area contributed by atoms with E-state index in [1.807, 2.05) is 13.8 Å². The van der Waals surface area contributed by atoms with Crippen molar-refractivity contribution in [2.45, 2.75) is 39.7 Å². The number of amides is 1. The van der Waals surface area contributed by atoms with Gasteiger partial charge in [-0.1, -0.05) is 0 Å². The van der Waals surface area contributed by atoms with Gasteiger partial charge in [-0.05, 0) is 20.3 Å². The van der Waals surface area contributed by atoms with Gasteiger partial charge in [-0.25, -0.2) is 0 Å². The number of hydrogen-bond acceptors (Lipinski definition) is 3. The Morgan fingerprint density at radius 3 is 2.38 bits per heavy atom. The summed E-state index contributed by atoms with van der Waals surface area (Å²) in [4.78, 5) is 23.1. The highest BCUT2D eigenvalue weighted by molar-refractivity contribution is 5.74. The first-order valence-corrected chi connectivity index (χ1v) is 5.52. The molecule has 1 N–H and O–H groups in total. The van der Waals surface area contributed by atoms with Crippen molar-refractivity contribution < 1.29 is 19.4 Å². The second-order valence-corrected chi connectivity index (χ2v) is 3.92. The van der Waals surface area contributed by atoms with E-state index >= 15 is 0 Å². The first-order valence-electron chi connectivity index (χ1n) is 5.52. The van der Waals surface area contributed by atoms with E-state index in [-0.39, 0.29) is 25.0 Å². The number of rotatable bonds is 8. The smallest absolute Gasteiger partial charge is 0.305 e. The van der Waals surface area contributed by atoms with Gasteiger partial charge in [0.1, 0.15) is 0 Å². The van der Waals surface area contributed by atoms with Gasteiger partial charge in [0.15, 0.2) is 0 Å². The number of nitrogens with zero attached hydrogens (tertiary/aromatic N) is 1. The maximum atomic E-state index is 11.2. The van der Waals surface area contributed by atoms with Gasteiger partial charge < -0.3 is 14.7 Å². The molecule has 0 saturated carbocycles. The first kappa shape index (κ1) is 14.9. The molecule has 0 bridgehead atoms. The third-order valence-corrected chi connectivity index (χ3v) is 2.06. The number of ether oxygens (including phenoxy) is 1. The van der Waals surface area contributed by atoms with Crippen molar-refractivity contribution >= 4 is 11.9 Å². The zero-order valence-corrected chi connectivity index (χ0v) is 10.2. The number of carboxylic acids is 1. The molecule has 5 heteroatoms. The molecule has 0 unspecified atom stereocenters. The van der Waals surface area contributed by atoms with Crippen LogP contribution in [0.15, 0.2) is 0 Å². The van der Waals surface area contributed by atoms with Crippen LogP contribution in [-0.2, 0) is 14.3 Å². The van der Waals surface area contributed by atoms with Crippen LogP contribution in [0.25, 0.3) is 0 Å². The molecule has 0 aliphatic rings. The van der Waals surface area contributed by atoms with E-state index in [0.29, 0.717) is 13.2 Å². The highest BCUT2D eigenvalue weighted by Gasteiger charge is 2.10.